The first-order valence-electron chi connectivity index (χ1n) is 9.12. The summed E-state index contributed by atoms with van der Waals surface area (Å²) in [4.78, 5) is 12.5. The predicted molar refractivity (Wildman–Crippen MR) is 113 cm³/mol. The molecule has 0 amide bonds. The Labute approximate surface area is 174 Å². The maximum atomic E-state index is 13.7. The van der Waals surface area contributed by atoms with E-state index in [0.29, 0.717) is 23.9 Å². The second kappa shape index (κ2) is 9.54. The predicted octanol–water partition coefficient (Wildman–Crippen LogP) is 5.21. The van der Waals surface area contributed by atoms with Gasteiger partial charge < -0.3 is 9.84 Å². The molecule has 1 N–H and O–H groups in total. The summed E-state index contributed by atoms with van der Waals surface area (Å²) < 4.78 is 19.6. The fraction of sp³-hybridized carbons (Fsp3) is 0.174. The van der Waals surface area contributed by atoms with Crippen molar-refractivity contribution in [1.29, 1.82) is 0 Å². The summed E-state index contributed by atoms with van der Waals surface area (Å²) in [6, 6.07) is 19.5. The third kappa shape index (κ3) is 5.56. The van der Waals surface area contributed by atoms with Crippen LogP contribution in [0.5, 0.6) is 5.75 Å². The zero-order valence-electron chi connectivity index (χ0n) is 15.9. The minimum Gasteiger partial charge on any atom is -0.492 e. The molecule has 0 aliphatic rings. The van der Waals surface area contributed by atoms with E-state index in [-0.39, 0.29) is 12.4 Å². The maximum Gasteiger partial charge on any atom is 0.317 e. The number of hydrogen-bond donors (Lipinski definition) is 1. The Bertz CT molecular complexity index is 1010. The van der Waals surface area contributed by atoms with Crippen molar-refractivity contribution < 1.29 is 19.0 Å². The van der Waals surface area contributed by atoms with E-state index in [2.05, 4.69) is 0 Å². The van der Waals surface area contributed by atoms with Gasteiger partial charge in [0.05, 0.1) is 6.54 Å². The SMILES string of the molecule is CN(CCOc1ccc(-c2cccc(F)c2)cc1-c1ccccc1Cl)CC(=O)O. The summed E-state index contributed by atoms with van der Waals surface area (Å²) >= 11 is 6.41. The van der Waals surface area contributed by atoms with Crippen molar-refractivity contribution in [3.63, 3.8) is 0 Å². The first-order valence-corrected chi connectivity index (χ1v) is 9.50. The molecule has 0 bridgehead atoms. The van der Waals surface area contributed by atoms with Crippen LogP contribution in [0.1, 0.15) is 0 Å². The smallest absolute Gasteiger partial charge is 0.317 e. The average molecular weight is 414 g/mol. The van der Waals surface area contributed by atoms with E-state index in [1.807, 2.05) is 42.5 Å². The summed E-state index contributed by atoms with van der Waals surface area (Å²) in [5, 5.41) is 9.44. The summed E-state index contributed by atoms with van der Waals surface area (Å²) in [6.07, 6.45) is 0. The molecular formula is C23H21ClFNO3. The van der Waals surface area contributed by atoms with Gasteiger partial charge in [-0.25, -0.2) is 4.39 Å². The highest BCUT2D eigenvalue weighted by Crippen LogP contribution is 2.38. The molecule has 0 saturated carbocycles. The van der Waals surface area contributed by atoms with Crippen LogP contribution in [-0.2, 0) is 4.79 Å². The van der Waals surface area contributed by atoms with Gasteiger partial charge in [0.25, 0.3) is 0 Å². The summed E-state index contributed by atoms with van der Waals surface area (Å²) in [5.74, 6) is -0.561. The molecule has 0 radical (unpaired) electrons. The van der Waals surface area contributed by atoms with Crippen LogP contribution in [0, 0.1) is 5.82 Å². The van der Waals surface area contributed by atoms with Gasteiger partial charge >= 0.3 is 5.97 Å². The molecule has 0 heterocycles. The van der Waals surface area contributed by atoms with Crippen LogP contribution in [0.25, 0.3) is 22.3 Å². The first-order chi connectivity index (χ1) is 13.9. The van der Waals surface area contributed by atoms with Crippen LogP contribution in [0.3, 0.4) is 0 Å². The van der Waals surface area contributed by atoms with E-state index >= 15 is 0 Å². The fourth-order valence-corrected chi connectivity index (χ4v) is 3.25. The molecule has 0 fully saturated rings. The Morgan fingerprint density at radius 1 is 1.03 bits per heavy atom. The summed E-state index contributed by atoms with van der Waals surface area (Å²) in [6.45, 7) is 0.722. The molecular weight excluding hydrogens is 393 g/mol. The van der Waals surface area contributed by atoms with E-state index in [1.165, 1.54) is 12.1 Å². The van der Waals surface area contributed by atoms with Crippen molar-refractivity contribution in [2.75, 3.05) is 26.7 Å². The third-order valence-electron chi connectivity index (χ3n) is 4.44. The summed E-state index contributed by atoms with van der Waals surface area (Å²) in [5.41, 5.74) is 3.19. The molecule has 0 saturated heterocycles. The van der Waals surface area contributed by atoms with Crippen molar-refractivity contribution in [2.45, 2.75) is 0 Å². The van der Waals surface area contributed by atoms with E-state index in [1.54, 1.807) is 24.1 Å². The van der Waals surface area contributed by atoms with Gasteiger partial charge in [-0.1, -0.05) is 48.0 Å². The molecule has 3 rings (SSSR count). The number of ether oxygens (including phenoxy) is 1. The van der Waals surface area contributed by atoms with Crippen LogP contribution in [0.2, 0.25) is 5.02 Å². The van der Waals surface area contributed by atoms with E-state index in [0.717, 1.165) is 22.3 Å². The molecule has 0 atom stereocenters. The number of rotatable bonds is 8. The van der Waals surface area contributed by atoms with Crippen molar-refractivity contribution in [2.24, 2.45) is 0 Å². The van der Waals surface area contributed by atoms with Crippen LogP contribution in [0.15, 0.2) is 66.7 Å². The second-order valence-electron chi connectivity index (χ2n) is 6.68. The first kappa shape index (κ1) is 20.8. The number of carboxylic acids is 1. The van der Waals surface area contributed by atoms with Crippen molar-refractivity contribution in [1.82, 2.24) is 4.90 Å². The monoisotopic (exact) mass is 413 g/mol. The largest absolute Gasteiger partial charge is 0.492 e. The number of halogens is 2. The lowest BCUT2D eigenvalue weighted by molar-refractivity contribution is -0.138. The number of benzene rings is 3. The standard InChI is InChI=1S/C23H21ClFNO3/c1-26(15-23(27)28)11-12-29-22-10-9-17(16-5-4-6-18(25)13-16)14-20(22)19-7-2-3-8-21(19)24/h2-10,13-14H,11-12,15H2,1H3,(H,27,28). The van der Waals surface area contributed by atoms with Crippen LogP contribution < -0.4 is 4.74 Å². The van der Waals surface area contributed by atoms with E-state index in [4.69, 9.17) is 21.4 Å². The number of likely N-dealkylation sites (N-methyl/N-ethyl adjacent to an activating group) is 1. The number of nitrogens with zero attached hydrogens (tertiary/aromatic N) is 1. The molecule has 4 nitrogen and oxygen atoms in total. The Hall–Kier alpha value is -2.89. The van der Waals surface area contributed by atoms with Crippen LogP contribution in [-0.4, -0.2) is 42.7 Å². The van der Waals surface area contributed by atoms with E-state index in [9.17, 15) is 9.18 Å². The highest BCUT2D eigenvalue weighted by atomic mass is 35.5. The number of hydrogen-bond acceptors (Lipinski definition) is 3. The topological polar surface area (TPSA) is 49.8 Å². The second-order valence-corrected chi connectivity index (χ2v) is 7.09. The zero-order chi connectivity index (χ0) is 20.8. The van der Waals surface area contributed by atoms with E-state index < -0.39 is 5.97 Å². The van der Waals surface area contributed by atoms with Gasteiger partial charge in [-0.05, 0) is 48.5 Å². The highest BCUT2D eigenvalue weighted by Gasteiger charge is 2.13. The molecule has 0 aliphatic heterocycles. The fourth-order valence-electron chi connectivity index (χ4n) is 3.01. The molecule has 6 heteroatoms. The average Bonchev–Trinajstić information content (AvgIpc) is 2.68. The highest BCUT2D eigenvalue weighted by molar-refractivity contribution is 6.33. The van der Waals surface area contributed by atoms with Gasteiger partial charge in [0.1, 0.15) is 18.2 Å². The number of aliphatic carboxylic acids is 1. The van der Waals surface area contributed by atoms with Gasteiger partial charge in [0.2, 0.25) is 0 Å². The van der Waals surface area contributed by atoms with Gasteiger partial charge in [0, 0.05) is 22.7 Å². The Morgan fingerprint density at radius 2 is 1.79 bits per heavy atom. The normalized spacial score (nSPS) is 10.9. The molecule has 3 aromatic carbocycles. The van der Waals surface area contributed by atoms with Crippen molar-refractivity contribution in [3.8, 4) is 28.0 Å². The lowest BCUT2D eigenvalue weighted by Crippen LogP contribution is -2.29. The van der Waals surface area contributed by atoms with Crippen molar-refractivity contribution in [3.05, 3.63) is 77.6 Å². The maximum absolute atomic E-state index is 13.7. The Morgan fingerprint density at radius 3 is 2.52 bits per heavy atom. The molecule has 150 valence electrons. The van der Waals surface area contributed by atoms with Gasteiger partial charge in [-0.3, -0.25) is 9.69 Å². The molecule has 29 heavy (non-hydrogen) atoms. The quantitative estimate of drug-likeness (QED) is 0.551. The zero-order valence-corrected chi connectivity index (χ0v) is 16.7. The van der Waals surface area contributed by atoms with Crippen LogP contribution in [0.4, 0.5) is 4.39 Å². The lowest BCUT2D eigenvalue weighted by Gasteiger charge is -2.17. The van der Waals surface area contributed by atoms with Crippen LogP contribution >= 0.6 is 11.6 Å². The third-order valence-corrected chi connectivity index (χ3v) is 4.77. The summed E-state index contributed by atoms with van der Waals surface area (Å²) in [7, 11) is 1.72. The molecule has 3 aromatic rings. The number of carboxylic acid groups (broad SMARTS) is 1. The molecule has 0 aromatic heterocycles. The molecule has 0 aliphatic carbocycles. The van der Waals surface area contributed by atoms with Gasteiger partial charge in [-0.2, -0.15) is 0 Å². The lowest BCUT2D eigenvalue weighted by atomic mass is 9.98. The van der Waals surface area contributed by atoms with Crippen molar-refractivity contribution >= 4 is 17.6 Å². The van der Waals surface area contributed by atoms with Gasteiger partial charge in [-0.15, -0.1) is 0 Å². The Kier molecular flexibility index (Phi) is 6.86. The molecule has 0 spiro atoms. The van der Waals surface area contributed by atoms with Gasteiger partial charge in [0.15, 0.2) is 0 Å². The minimum absolute atomic E-state index is 0.0563. The number of carbonyl (C=O) groups is 1. The molecule has 0 unspecified atom stereocenters. The Balaban J connectivity index is 1.91. The minimum atomic E-state index is -0.885.